The van der Waals surface area contributed by atoms with Gasteiger partial charge < -0.3 is 0 Å². The van der Waals surface area contributed by atoms with Crippen LogP contribution in [0.2, 0.25) is 0 Å². The second-order valence-electron chi connectivity index (χ2n) is 2.64. The van der Waals surface area contributed by atoms with Gasteiger partial charge in [-0.2, -0.15) is 0 Å². The summed E-state index contributed by atoms with van der Waals surface area (Å²) < 4.78 is 6.38. The normalized spacial score (nSPS) is 17.7. The molecule has 64 valence electrons. The first-order valence-electron chi connectivity index (χ1n) is 3.60. The van der Waals surface area contributed by atoms with E-state index < -0.39 is 19.8 Å². The van der Waals surface area contributed by atoms with E-state index in [0.29, 0.717) is 0 Å². The molecule has 0 spiro atoms. The molecular formula is C8H10IN3. The van der Waals surface area contributed by atoms with Crippen molar-refractivity contribution in [3.05, 3.63) is 20.9 Å². The second kappa shape index (κ2) is 3.01. The summed E-state index contributed by atoms with van der Waals surface area (Å²) in [4.78, 5) is 2.29. The molecule has 0 unspecified atom stereocenters. The summed E-state index contributed by atoms with van der Waals surface area (Å²) >= 11 is -0.977. The van der Waals surface area contributed by atoms with Crippen LogP contribution in [-0.4, -0.2) is 19.9 Å². The van der Waals surface area contributed by atoms with Crippen molar-refractivity contribution in [2.24, 2.45) is 7.05 Å². The SMILES string of the molecule is Cn1nnc2c1=CC=CI(C)C=2. The second-order valence-corrected chi connectivity index (χ2v) is 7.19. The molecule has 0 bridgehead atoms. The Morgan fingerprint density at radius 3 is 3.17 bits per heavy atom. The first kappa shape index (κ1) is 7.97. The average Bonchev–Trinajstić information content (AvgIpc) is 2.31. The minimum absolute atomic E-state index is 0.977. The molecule has 1 aliphatic heterocycles. The summed E-state index contributed by atoms with van der Waals surface area (Å²) in [6.07, 6.45) is 4.20. The quantitative estimate of drug-likeness (QED) is 0.493. The van der Waals surface area contributed by atoms with Crippen LogP contribution in [0.25, 0.3) is 10.2 Å². The first-order chi connectivity index (χ1) is 5.77. The average molecular weight is 275 g/mol. The molecule has 0 N–H and O–H groups in total. The number of nitrogens with zero attached hydrogens (tertiary/aromatic N) is 3. The van der Waals surface area contributed by atoms with Crippen LogP contribution < -0.4 is 10.7 Å². The third kappa shape index (κ3) is 1.31. The van der Waals surface area contributed by atoms with Crippen molar-refractivity contribution >= 4 is 30.0 Å². The third-order valence-electron chi connectivity index (χ3n) is 1.70. The predicted molar refractivity (Wildman–Crippen MR) is 58.3 cm³/mol. The number of aromatic nitrogens is 3. The van der Waals surface area contributed by atoms with Gasteiger partial charge in [0, 0.05) is 0 Å². The van der Waals surface area contributed by atoms with Crippen molar-refractivity contribution in [2.75, 3.05) is 4.93 Å². The number of halogens is 1. The van der Waals surface area contributed by atoms with Crippen LogP contribution in [0.5, 0.6) is 0 Å². The van der Waals surface area contributed by atoms with Gasteiger partial charge >= 0.3 is 77.8 Å². The Hall–Kier alpha value is -0.650. The Bertz CT molecular complexity index is 430. The molecule has 0 atom stereocenters. The molecule has 1 aromatic rings. The summed E-state index contributed by atoms with van der Waals surface area (Å²) in [5.41, 5.74) is 0. The van der Waals surface area contributed by atoms with Gasteiger partial charge in [0.1, 0.15) is 0 Å². The third-order valence-corrected chi connectivity index (χ3v) is 4.82. The minimum atomic E-state index is -0.977. The molecule has 0 saturated heterocycles. The Labute approximate surface area is 77.9 Å². The van der Waals surface area contributed by atoms with E-state index in [1.807, 2.05) is 11.7 Å². The molecule has 12 heavy (non-hydrogen) atoms. The number of hydrogen-bond acceptors (Lipinski definition) is 2. The summed E-state index contributed by atoms with van der Waals surface area (Å²) in [5.74, 6) is 0. The number of rotatable bonds is 0. The zero-order valence-electron chi connectivity index (χ0n) is 7.03. The monoisotopic (exact) mass is 275 g/mol. The van der Waals surface area contributed by atoms with Gasteiger partial charge in [0.2, 0.25) is 0 Å². The molecule has 0 amide bonds. The Kier molecular flexibility index (Phi) is 2.00. The summed E-state index contributed by atoms with van der Waals surface area (Å²) in [7, 11) is 1.92. The molecule has 1 aromatic heterocycles. The van der Waals surface area contributed by atoms with E-state index in [1.54, 1.807) is 0 Å². The van der Waals surface area contributed by atoms with Crippen LogP contribution in [0, 0.1) is 0 Å². The number of fused-ring (bicyclic) bond motifs is 1. The van der Waals surface area contributed by atoms with Gasteiger partial charge in [-0.05, 0) is 0 Å². The molecule has 0 radical (unpaired) electrons. The van der Waals surface area contributed by atoms with Crippen LogP contribution in [0.4, 0.5) is 0 Å². The summed E-state index contributed by atoms with van der Waals surface area (Å²) in [6, 6.07) is 0. The van der Waals surface area contributed by atoms with E-state index in [-0.39, 0.29) is 0 Å². The molecule has 0 aromatic carbocycles. The molecule has 1 aliphatic rings. The van der Waals surface area contributed by atoms with Crippen LogP contribution in [-0.2, 0) is 7.05 Å². The Balaban J connectivity index is 2.78. The van der Waals surface area contributed by atoms with Crippen molar-refractivity contribution in [1.82, 2.24) is 15.0 Å². The number of hydrogen-bond donors (Lipinski definition) is 0. The fourth-order valence-corrected chi connectivity index (χ4v) is 3.54. The number of aryl methyl sites for hydroxylation is 1. The molecule has 0 fully saturated rings. The maximum absolute atomic E-state index is 4.09. The standard InChI is InChI=1S/C8H10IN3/c1-9-5-3-4-8-7(6-9)10-11-12(8)2/h3-6H,1-2H3. The van der Waals surface area contributed by atoms with E-state index in [2.05, 4.69) is 35.6 Å². The van der Waals surface area contributed by atoms with E-state index in [1.165, 1.54) is 0 Å². The molecule has 3 nitrogen and oxygen atoms in total. The summed E-state index contributed by atoms with van der Waals surface area (Å²) in [5, 5.41) is 10.2. The van der Waals surface area contributed by atoms with Crippen LogP contribution in [0.1, 0.15) is 0 Å². The van der Waals surface area contributed by atoms with Crippen molar-refractivity contribution in [3.63, 3.8) is 0 Å². The van der Waals surface area contributed by atoms with Crippen molar-refractivity contribution < 1.29 is 0 Å². The van der Waals surface area contributed by atoms with Gasteiger partial charge in [0.25, 0.3) is 0 Å². The van der Waals surface area contributed by atoms with E-state index in [4.69, 9.17) is 0 Å². The Morgan fingerprint density at radius 2 is 2.33 bits per heavy atom. The molecule has 4 heteroatoms. The molecule has 0 saturated carbocycles. The van der Waals surface area contributed by atoms with Gasteiger partial charge in [-0.1, -0.05) is 0 Å². The van der Waals surface area contributed by atoms with Crippen LogP contribution in [0.3, 0.4) is 0 Å². The van der Waals surface area contributed by atoms with E-state index >= 15 is 0 Å². The zero-order chi connectivity index (χ0) is 8.55. The maximum atomic E-state index is 4.09. The van der Waals surface area contributed by atoms with E-state index in [0.717, 1.165) is 10.7 Å². The van der Waals surface area contributed by atoms with Gasteiger partial charge in [0.05, 0.1) is 0 Å². The van der Waals surface area contributed by atoms with Crippen molar-refractivity contribution in [1.29, 1.82) is 0 Å². The molecule has 2 heterocycles. The van der Waals surface area contributed by atoms with Crippen LogP contribution in [0.15, 0.2) is 10.2 Å². The van der Waals surface area contributed by atoms with Gasteiger partial charge in [-0.25, -0.2) is 0 Å². The van der Waals surface area contributed by atoms with Crippen LogP contribution >= 0.6 is 19.8 Å². The number of alkyl halides is 1. The molecular weight excluding hydrogens is 265 g/mol. The molecule has 0 aliphatic carbocycles. The first-order valence-corrected chi connectivity index (χ1v) is 8.25. The predicted octanol–water partition coefficient (Wildman–Crippen LogP) is -0.00290. The summed E-state index contributed by atoms with van der Waals surface area (Å²) in [6.45, 7) is 0. The van der Waals surface area contributed by atoms with Gasteiger partial charge in [-0.3, -0.25) is 0 Å². The topological polar surface area (TPSA) is 30.7 Å². The molecule has 2 rings (SSSR count). The fraction of sp³-hybridized carbons (Fsp3) is 0.250. The zero-order valence-corrected chi connectivity index (χ0v) is 9.19. The number of allylic oxidation sites excluding steroid dienone is 1. The van der Waals surface area contributed by atoms with Gasteiger partial charge in [-0.15, -0.1) is 0 Å². The fourth-order valence-electron chi connectivity index (χ4n) is 1.09. The van der Waals surface area contributed by atoms with Crippen molar-refractivity contribution in [3.8, 4) is 0 Å². The van der Waals surface area contributed by atoms with Crippen molar-refractivity contribution in [2.45, 2.75) is 0 Å². The van der Waals surface area contributed by atoms with Gasteiger partial charge in [0.15, 0.2) is 0 Å². The Morgan fingerprint density at radius 1 is 1.50 bits per heavy atom. The van der Waals surface area contributed by atoms with E-state index in [9.17, 15) is 0 Å².